The van der Waals surface area contributed by atoms with Crippen LogP contribution in [0.15, 0.2) is 36.5 Å². The van der Waals surface area contributed by atoms with Gasteiger partial charge in [-0.05, 0) is 30.7 Å². The Morgan fingerprint density at radius 2 is 2.05 bits per heavy atom. The minimum Gasteiger partial charge on any atom is -0.353 e. The summed E-state index contributed by atoms with van der Waals surface area (Å²) in [5.41, 5.74) is 1.81. The Kier molecular flexibility index (Phi) is 6.04. The predicted octanol–water partition coefficient (Wildman–Crippen LogP) is 4.66. The van der Waals surface area contributed by atoms with E-state index in [0.717, 1.165) is 18.5 Å². The summed E-state index contributed by atoms with van der Waals surface area (Å²) in [6.07, 6.45) is 3.58. The number of unbranched alkanes of at least 4 members (excludes halogenated alkanes) is 1. The van der Waals surface area contributed by atoms with E-state index in [1.165, 1.54) is 0 Å². The fraction of sp³-hybridized carbons (Fsp3) is 0.250. The van der Waals surface area contributed by atoms with Crippen LogP contribution in [0.1, 0.15) is 30.3 Å². The number of amides is 1. The number of nitrogens with one attached hydrogen (secondary N) is 2. The van der Waals surface area contributed by atoms with Crippen LogP contribution in [0.2, 0.25) is 10.0 Å². The molecule has 0 bridgehead atoms. The lowest BCUT2D eigenvalue weighted by Crippen LogP contribution is -2.25. The van der Waals surface area contributed by atoms with E-state index < -0.39 is 0 Å². The zero-order valence-electron chi connectivity index (χ0n) is 12.2. The van der Waals surface area contributed by atoms with Crippen molar-refractivity contribution in [1.29, 1.82) is 0 Å². The van der Waals surface area contributed by atoms with Crippen LogP contribution in [0.25, 0.3) is 0 Å². The van der Waals surface area contributed by atoms with Crippen LogP contribution in [0, 0.1) is 0 Å². The number of anilines is 2. The summed E-state index contributed by atoms with van der Waals surface area (Å²) < 4.78 is 0. The molecule has 0 unspecified atom stereocenters. The van der Waals surface area contributed by atoms with Crippen LogP contribution in [0.3, 0.4) is 0 Å². The third kappa shape index (κ3) is 4.36. The number of hydrogen-bond acceptors (Lipinski definition) is 3. The number of rotatable bonds is 6. The highest BCUT2D eigenvalue weighted by Crippen LogP contribution is 2.31. The highest BCUT2D eigenvalue weighted by Gasteiger charge is 2.08. The molecule has 22 heavy (non-hydrogen) atoms. The van der Waals surface area contributed by atoms with Gasteiger partial charge < -0.3 is 10.6 Å². The molecular formula is C16H17Cl2N3O. The van der Waals surface area contributed by atoms with Crippen molar-refractivity contribution >= 4 is 40.5 Å². The number of halogens is 2. The normalized spacial score (nSPS) is 10.3. The lowest BCUT2D eigenvalue weighted by Gasteiger charge is -2.09. The van der Waals surface area contributed by atoms with E-state index in [9.17, 15) is 4.79 Å². The summed E-state index contributed by atoms with van der Waals surface area (Å²) in [6, 6.07) is 8.79. The van der Waals surface area contributed by atoms with Gasteiger partial charge in [-0.3, -0.25) is 4.79 Å². The standard InChI is InChI=1S/C16H17Cl2N3O/c1-2-3-9-19-16(22)14-8-7-11(10-20-14)21-13-6-4-5-12(17)15(13)18/h4-8,10,21H,2-3,9H2,1H3,(H,19,22). The molecule has 0 aliphatic rings. The van der Waals surface area contributed by atoms with Crippen LogP contribution in [0.4, 0.5) is 11.4 Å². The maximum atomic E-state index is 11.9. The van der Waals surface area contributed by atoms with Crippen LogP contribution < -0.4 is 10.6 Å². The summed E-state index contributed by atoms with van der Waals surface area (Å²) in [4.78, 5) is 16.0. The molecule has 0 fully saturated rings. The Bertz CT molecular complexity index is 644. The molecular weight excluding hydrogens is 321 g/mol. The zero-order chi connectivity index (χ0) is 15.9. The van der Waals surface area contributed by atoms with Gasteiger partial charge in [0.15, 0.2) is 0 Å². The highest BCUT2D eigenvalue weighted by atomic mass is 35.5. The zero-order valence-corrected chi connectivity index (χ0v) is 13.7. The van der Waals surface area contributed by atoms with Gasteiger partial charge in [-0.1, -0.05) is 42.6 Å². The molecule has 0 aliphatic heterocycles. The summed E-state index contributed by atoms with van der Waals surface area (Å²) in [5.74, 6) is -0.166. The first-order valence-electron chi connectivity index (χ1n) is 7.07. The first-order chi connectivity index (χ1) is 10.6. The monoisotopic (exact) mass is 337 g/mol. The van der Waals surface area contributed by atoms with E-state index in [1.54, 1.807) is 30.5 Å². The third-order valence-electron chi connectivity index (χ3n) is 3.04. The van der Waals surface area contributed by atoms with Crippen molar-refractivity contribution in [3.8, 4) is 0 Å². The predicted molar refractivity (Wildman–Crippen MR) is 91.2 cm³/mol. The maximum Gasteiger partial charge on any atom is 0.269 e. The second-order valence-electron chi connectivity index (χ2n) is 4.77. The first-order valence-corrected chi connectivity index (χ1v) is 7.82. The lowest BCUT2D eigenvalue weighted by molar-refractivity contribution is 0.0948. The SMILES string of the molecule is CCCCNC(=O)c1ccc(Nc2cccc(Cl)c2Cl)cn1. The molecule has 116 valence electrons. The average Bonchev–Trinajstić information content (AvgIpc) is 2.53. The number of aromatic nitrogens is 1. The van der Waals surface area contributed by atoms with Crippen LogP contribution in [-0.2, 0) is 0 Å². The van der Waals surface area contributed by atoms with Crippen molar-refractivity contribution < 1.29 is 4.79 Å². The van der Waals surface area contributed by atoms with Gasteiger partial charge in [-0.25, -0.2) is 4.98 Å². The van der Waals surface area contributed by atoms with Gasteiger partial charge in [0.1, 0.15) is 5.69 Å². The van der Waals surface area contributed by atoms with Crippen molar-refractivity contribution in [3.63, 3.8) is 0 Å². The van der Waals surface area contributed by atoms with Crippen molar-refractivity contribution in [2.45, 2.75) is 19.8 Å². The van der Waals surface area contributed by atoms with E-state index >= 15 is 0 Å². The third-order valence-corrected chi connectivity index (χ3v) is 3.86. The quantitative estimate of drug-likeness (QED) is 0.753. The molecule has 0 saturated carbocycles. The smallest absolute Gasteiger partial charge is 0.269 e. The van der Waals surface area contributed by atoms with Crippen LogP contribution in [-0.4, -0.2) is 17.4 Å². The molecule has 2 rings (SSSR count). The molecule has 2 aromatic rings. The van der Waals surface area contributed by atoms with Crippen molar-refractivity contribution in [3.05, 3.63) is 52.3 Å². The van der Waals surface area contributed by atoms with Gasteiger partial charge in [0.05, 0.1) is 27.6 Å². The van der Waals surface area contributed by atoms with Gasteiger partial charge >= 0.3 is 0 Å². The number of benzene rings is 1. The Labute approximate surface area is 139 Å². The molecule has 2 N–H and O–H groups in total. The van der Waals surface area contributed by atoms with Gasteiger partial charge in [0.25, 0.3) is 5.91 Å². The Morgan fingerprint density at radius 1 is 1.23 bits per heavy atom. The Balaban J connectivity index is 2.03. The maximum absolute atomic E-state index is 11.9. The largest absolute Gasteiger partial charge is 0.353 e. The second-order valence-corrected chi connectivity index (χ2v) is 5.55. The second kappa shape index (κ2) is 8.01. The summed E-state index contributed by atoms with van der Waals surface area (Å²) in [6.45, 7) is 2.74. The van der Waals surface area contributed by atoms with Crippen LogP contribution in [0.5, 0.6) is 0 Å². The Morgan fingerprint density at radius 3 is 2.73 bits per heavy atom. The molecule has 0 saturated heterocycles. The molecule has 0 spiro atoms. The van der Waals surface area contributed by atoms with Crippen molar-refractivity contribution in [2.75, 3.05) is 11.9 Å². The van der Waals surface area contributed by atoms with E-state index in [2.05, 4.69) is 22.5 Å². The minimum atomic E-state index is -0.166. The fourth-order valence-electron chi connectivity index (χ4n) is 1.83. The molecule has 0 radical (unpaired) electrons. The molecule has 6 heteroatoms. The summed E-state index contributed by atoms with van der Waals surface area (Å²) in [5, 5.41) is 6.87. The number of carbonyl (C=O) groups excluding carboxylic acids is 1. The fourth-order valence-corrected chi connectivity index (χ4v) is 2.17. The van der Waals surface area contributed by atoms with Crippen molar-refractivity contribution in [2.24, 2.45) is 0 Å². The topological polar surface area (TPSA) is 54.0 Å². The molecule has 1 heterocycles. The molecule has 0 aliphatic carbocycles. The van der Waals surface area contributed by atoms with Crippen LogP contribution >= 0.6 is 23.2 Å². The lowest BCUT2D eigenvalue weighted by atomic mass is 10.2. The van der Waals surface area contributed by atoms with Gasteiger partial charge in [0.2, 0.25) is 0 Å². The van der Waals surface area contributed by atoms with E-state index in [-0.39, 0.29) is 5.91 Å². The Hall–Kier alpha value is -1.78. The summed E-state index contributed by atoms with van der Waals surface area (Å²) >= 11 is 12.1. The van der Waals surface area contributed by atoms with E-state index in [0.29, 0.717) is 28.0 Å². The number of pyridine rings is 1. The van der Waals surface area contributed by atoms with Gasteiger partial charge in [-0.2, -0.15) is 0 Å². The summed E-state index contributed by atoms with van der Waals surface area (Å²) in [7, 11) is 0. The number of carbonyl (C=O) groups is 1. The molecule has 1 aromatic carbocycles. The molecule has 4 nitrogen and oxygen atoms in total. The van der Waals surface area contributed by atoms with E-state index in [4.69, 9.17) is 23.2 Å². The first kappa shape index (κ1) is 16.6. The van der Waals surface area contributed by atoms with E-state index in [1.807, 2.05) is 6.07 Å². The number of hydrogen-bond donors (Lipinski definition) is 2. The molecule has 0 atom stereocenters. The van der Waals surface area contributed by atoms with Crippen molar-refractivity contribution in [1.82, 2.24) is 10.3 Å². The highest BCUT2D eigenvalue weighted by molar-refractivity contribution is 6.43. The molecule has 1 aromatic heterocycles. The number of nitrogens with zero attached hydrogens (tertiary/aromatic N) is 1. The molecule has 1 amide bonds. The minimum absolute atomic E-state index is 0.166. The van der Waals surface area contributed by atoms with Gasteiger partial charge in [0, 0.05) is 6.54 Å². The average molecular weight is 338 g/mol. The van der Waals surface area contributed by atoms with Gasteiger partial charge in [-0.15, -0.1) is 0 Å².